The third kappa shape index (κ3) is 9.48. The van der Waals surface area contributed by atoms with E-state index in [0.29, 0.717) is 11.3 Å². The average molecular weight is 716 g/mol. The molecule has 15 nitrogen and oxygen atoms in total. The van der Waals surface area contributed by atoms with Crippen LogP contribution in [0.15, 0.2) is 70.6 Å². The molecule has 51 heavy (non-hydrogen) atoms. The van der Waals surface area contributed by atoms with Crippen molar-refractivity contribution in [3.63, 3.8) is 0 Å². The Morgan fingerprint density at radius 1 is 0.980 bits per heavy atom. The lowest BCUT2D eigenvalue weighted by Crippen LogP contribution is -2.59. The Bertz CT molecular complexity index is 1910. The number of carboxylic acids is 1. The van der Waals surface area contributed by atoms with E-state index in [9.17, 15) is 29.1 Å². The molecule has 5 rings (SSSR count). The molecule has 0 spiro atoms. The standard InChI is InChI=1S/C35H41N9O6S/c1-20(45)44-17-22-8-3-2-7-21(22)14-30(44)33(48)42-28(15-24-18-51-19-40-24)32(47)41-27(11-6-12-38-35(36)37)31(46)43-29(34(49)50)13-23-16-39-26-10-5-4-9-25(23)26/h2-5,7-10,16,18-19,27-30,39H,6,11-15,17H2,1H3,(H,41,47)(H,42,48)(H,43,46)(H,49,50)(H4,36,37,38)/t27-,28?,29-,30-/m0/s1. The summed E-state index contributed by atoms with van der Waals surface area (Å²) in [6, 6.07) is 10.4. The summed E-state index contributed by atoms with van der Waals surface area (Å²) in [5, 5.41) is 20.8. The van der Waals surface area contributed by atoms with Gasteiger partial charge in [0.2, 0.25) is 23.6 Å². The van der Waals surface area contributed by atoms with Gasteiger partial charge in [-0.1, -0.05) is 42.5 Å². The second kappa shape index (κ2) is 16.8. The van der Waals surface area contributed by atoms with Crippen LogP contribution in [-0.2, 0) is 49.8 Å². The van der Waals surface area contributed by atoms with E-state index in [4.69, 9.17) is 11.5 Å². The number of aromatic amines is 1. The maximum absolute atomic E-state index is 14.0. The topological polar surface area (TPSA) is 238 Å². The maximum Gasteiger partial charge on any atom is 0.326 e. The van der Waals surface area contributed by atoms with Crippen molar-refractivity contribution in [1.29, 1.82) is 0 Å². The number of aliphatic imine (C=N–C) groups is 1. The molecular formula is C35H41N9O6S. The first kappa shape index (κ1) is 36.5. The summed E-state index contributed by atoms with van der Waals surface area (Å²) in [4.78, 5) is 79.3. The van der Waals surface area contributed by atoms with Crippen LogP contribution < -0.4 is 27.4 Å². The zero-order valence-corrected chi connectivity index (χ0v) is 28.8. The Kier molecular flexibility index (Phi) is 12.0. The predicted molar refractivity (Wildman–Crippen MR) is 191 cm³/mol. The number of carbonyl (C=O) groups is 5. The molecule has 1 aliphatic rings. The van der Waals surface area contributed by atoms with Crippen molar-refractivity contribution < 1.29 is 29.1 Å². The molecule has 0 radical (unpaired) electrons. The van der Waals surface area contributed by atoms with Crippen LogP contribution in [0.4, 0.5) is 0 Å². The van der Waals surface area contributed by atoms with Gasteiger partial charge in [0.25, 0.3) is 0 Å². The highest BCUT2D eigenvalue weighted by atomic mass is 32.1. The second-order valence-electron chi connectivity index (χ2n) is 12.4. The third-order valence-electron chi connectivity index (χ3n) is 8.78. The van der Waals surface area contributed by atoms with Crippen LogP contribution >= 0.6 is 11.3 Å². The number of hydrogen-bond acceptors (Lipinski definition) is 8. The summed E-state index contributed by atoms with van der Waals surface area (Å²) < 4.78 is 0. The molecule has 0 fully saturated rings. The first-order valence-electron chi connectivity index (χ1n) is 16.5. The molecule has 2 aromatic heterocycles. The molecule has 1 aliphatic heterocycles. The first-order chi connectivity index (χ1) is 24.5. The minimum atomic E-state index is -1.31. The van der Waals surface area contributed by atoms with Crippen molar-refractivity contribution in [3.05, 3.63) is 88.0 Å². The van der Waals surface area contributed by atoms with Crippen LogP contribution in [0.2, 0.25) is 0 Å². The fraction of sp³-hybridized carbons (Fsp3) is 0.343. The number of para-hydroxylation sites is 1. The molecule has 268 valence electrons. The molecule has 4 atom stereocenters. The molecule has 0 bridgehead atoms. The number of carbonyl (C=O) groups excluding carboxylic acids is 4. The van der Waals surface area contributed by atoms with E-state index >= 15 is 0 Å². The fourth-order valence-electron chi connectivity index (χ4n) is 6.15. The molecule has 0 aliphatic carbocycles. The van der Waals surface area contributed by atoms with Gasteiger partial charge in [0.15, 0.2) is 5.96 Å². The van der Waals surface area contributed by atoms with Crippen LogP contribution in [0.3, 0.4) is 0 Å². The number of nitrogens with two attached hydrogens (primary N) is 2. The largest absolute Gasteiger partial charge is 0.480 e. The molecule has 2 aromatic carbocycles. The van der Waals surface area contributed by atoms with Gasteiger partial charge in [0, 0.05) is 61.8 Å². The first-order valence-corrected chi connectivity index (χ1v) is 17.4. The van der Waals surface area contributed by atoms with Gasteiger partial charge in [-0.25, -0.2) is 9.78 Å². The van der Waals surface area contributed by atoms with Gasteiger partial charge in [-0.05, 0) is 35.6 Å². The number of rotatable bonds is 15. The van der Waals surface area contributed by atoms with Crippen molar-refractivity contribution >= 4 is 57.8 Å². The molecule has 3 heterocycles. The Labute approximate surface area is 297 Å². The number of carboxylic acid groups (broad SMARTS) is 1. The molecule has 16 heteroatoms. The van der Waals surface area contributed by atoms with Gasteiger partial charge in [0.1, 0.15) is 24.2 Å². The highest BCUT2D eigenvalue weighted by Crippen LogP contribution is 2.24. The van der Waals surface area contributed by atoms with E-state index in [2.05, 4.69) is 30.9 Å². The molecule has 9 N–H and O–H groups in total. The van der Waals surface area contributed by atoms with Crippen molar-refractivity contribution in [2.75, 3.05) is 6.54 Å². The highest BCUT2D eigenvalue weighted by Gasteiger charge is 2.36. The SMILES string of the molecule is CC(=O)N1Cc2ccccc2C[C@H]1C(=O)NC(Cc1cscn1)C(=O)N[C@@H](CCCN=C(N)N)C(=O)N[C@@H](Cc1c[nH]c2ccccc12)C(=O)O. The van der Waals surface area contributed by atoms with Crippen LogP contribution in [0.5, 0.6) is 0 Å². The van der Waals surface area contributed by atoms with Crippen LogP contribution in [0.25, 0.3) is 10.9 Å². The van der Waals surface area contributed by atoms with Gasteiger partial charge in [-0.3, -0.25) is 24.2 Å². The quantitative estimate of drug-likeness (QED) is 0.0527. The number of fused-ring (bicyclic) bond motifs is 2. The summed E-state index contributed by atoms with van der Waals surface area (Å²) in [6.45, 7) is 1.79. The number of guanidine groups is 1. The van der Waals surface area contributed by atoms with Gasteiger partial charge < -0.3 is 42.4 Å². The second-order valence-corrected chi connectivity index (χ2v) is 13.1. The Hall–Kier alpha value is -5.77. The number of benzene rings is 2. The predicted octanol–water partition coefficient (Wildman–Crippen LogP) is 0.976. The van der Waals surface area contributed by atoms with Gasteiger partial charge >= 0.3 is 5.97 Å². The van der Waals surface area contributed by atoms with Gasteiger partial charge in [-0.15, -0.1) is 11.3 Å². The number of thiazole rings is 1. The normalized spacial score (nSPS) is 15.5. The minimum absolute atomic E-state index is 0.00507. The summed E-state index contributed by atoms with van der Waals surface area (Å²) in [6.07, 6.45) is 2.28. The van der Waals surface area contributed by atoms with E-state index in [-0.39, 0.29) is 57.1 Å². The Morgan fingerprint density at radius 2 is 1.69 bits per heavy atom. The lowest BCUT2D eigenvalue weighted by Gasteiger charge is -2.36. The van der Waals surface area contributed by atoms with E-state index in [0.717, 1.165) is 22.0 Å². The monoisotopic (exact) mass is 715 g/mol. The highest BCUT2D eigenvalue weighted by molar-refractivity contribution is 7.07. The van der Waals surface area contributed by atoms with Crippen LogP contribution in [0.1, 0.15) is 42.1 Å². The zero-order valence-electron chi connectivity index (χ0n) is 28.0. The molecule has 4 aromatic rings. The summed E-state index contributed by atoms with van der Waals surface area (Å²) in [5.74, 6) is -3.63. The maximum atomic E-state index is 14.0. The zero-order chi connectivity index (χ0) is 36.5. The summed E-state index contributed by atoms with van der Waals surface area (Å²) in [7, 11) is 0. The summed E-state index contributed by atoms with van der Waals surface area (Å²) >= 11 is 1.32. The number of amides is 4. The Morgan fingerprint density at radius 3 is 2.39 bits per heavy atom. The van der Waals surface area contributed by atoms with Crippen molar-refractivity contribution in [2.24, 2.45) is 16.5 Å². The molecule has 4 amide bonds. The van der Waals surface area contributed by atoms with Crippen molar-refractivity contribution in [1.82, 2.24) is 30.8 Å². The minimum Gasteiger partial charge on any atom is -0.480 e. The molecule has 0 saturated heterocycles. The molecular weight excluding hydrogens is 675 g/mol. The van der Waals surface area contributed by atoms with Crippen LogP contribution in [0, 0.1) is 0 Å². The number of aromatic nitrogens is 2. The van der Waals surface area contributed by atoms with E-state index in [1.165, 1.54) is 23.2 Å². The lowest BCUT2D eigenvalue weighted by molar-refractivity contribution is -0.142. The van der Waals surface area contributed by atoms with Crippen molar-refractivity contribution in [3.8, 4) is 0 Å². The third-order valence-corrected chi connectivity index (χ3v) is 9.41. The average Bonchev–Trinajstić information content (AvgIpc) is 3.78. The number of H-pyrrole nitrogens is 1. The van der Waals surface area contributed by atoms with Crippen molar-refractivity contribution in [2.45, 2.75) is 69.7 Å². The van der Waals surface area contributed by atoms with Crippen LogP contribution in [-0.4, -0.2) is 86.2 Å². The molecule has 1 unspecified atom stereocenters. The van der Waals surface area contributed by atoms with E-state index < -0.39 is 47.9 Å². The Balaban J connectivity index is 1.35. The smallest absolute Gasteiger partial charge is 0.326 e. The number of hydrogen-bond donors (Lipinski definition) is 7. The fourth-order valence-corrected chi connectivity index (χ4v) is 6.72. The summed E-state index contributed by atoms with van der Waals surface area (Å²) in [5.41, 5.74) is 16.4. The van der Waals surface area contributed by atoms with Gasteiger partial charge in [0.05, 0.1) is 11.2 Å². The van der Waals surface area contributed by atoms with E-state index in [1.54, 1.807) is 17.1 Å². The number of nitrogens with zero attached hydrogens (tertiary/aromatic N) is 3. The van der Waals surface area contributed by atoms with Gasteiger partial charge in [-0.2, -0.15) is 0 Å². The number of aliphatic carboxylic acids is 1. The lowest BCUT2D eigenvalue weighted by atomic mass is 9.93. The number of nitrogens with one attached hydrogen (secondary N) is 4. The van der Waals surface area contributed by atoms with E-state index in [1.807, 2.05) is 48.5 Å². The molecule has 0 saturated carbocycles.